The predicted molar refractivity (Wildman–Crippen MR) is 85.1 cm³/mol. The van der Waals surface area contributed by atoms with Gasteiger partial charge in [-0.1, -0.05) is 37.1 Å². The van der Waals surface area contributed by atoms with E-state index in [1.807, 2.05) is 19.1 Å². The number of amides is 1. The third-order valence-electron chi connectivity index (χ3n) is 4.11. The Labute approximate surface area is 127 Å². The van der Waals surface area contributed by atoms with Gasteiger partial charge in [-0.3, -0.25) is 4.79 Å². The lowest BCUT2D eigenvalue weighted by molar-refractivity contribution is -0.126. The normalized spacial score (nSPS) is 18.1. The van der Waals surface area contributed by atoms with Crippen LogP contribution in [0.25, 0.3) is 0 Å². The van der Waals surface area contributed by atoms with Crippen LogP contribution in [0.5, 0.6) is 0 Å². The molecule has 4 heteroatoms. The lowest BCUT2D eigenvalue weighted by Gasteiger charge is -2.25. The Morgan fingerprint density at radius 2 is 1.95 bits per heavy atom. The first kappa shape index (κ1) is 17.0. The van der Waals surface area contributed by atoms with Crippen LogP contribution in [-0.2, 0) is 11.2 Å². The van der Waals surface area contributed by atoms with Crippen LogP contribution in [0.2, 0.25) is 0 Å². The van der Waals surface area contributed by atoms with E-state index < -0.39 is 5.54 Å². The van der Waals surface area contributed by atoms with Gasteiger partial charge in [0, 0.05) is 6.04 Å². The summed E-state index contributed by atoms with van der Waals surface area (Å²) in [6.45, 7) is 4.15. The minimum absolute atomic E-state index is 0. The molecule has 0 aromatic heterocycles. The van der Waals surface area contributed by atoms with E-state index in [-0.39, 0.29) is 24.4 Å². The fourth-order valence-electron chi connectivity index (χ4n) is 2.82. The second kappa shape index (κ2) is 7.09. The molecule has 1 unspecified atom stereocenters. The highest BCUT2D eigenvalue weighted by Crippen LogP contribution is 2.27. The number of hydrogen-bond donors (Lipinski definition) is 2. The summed E-state index contributed by atoms with van der Waals surface area (Å²) < 4.78 is 0. The van der Waals surface area contributed by atoms with Crippen molar-refractivity contribution in [3.63, 3.8) is 0 Å². The van der Waals surface area contributed by atoms with Crippen LogP contribution in [0, 0.1) is 6.92 Å². The molecule has 3 N–H and O–H groups in total. The Balaban J connectivity index is 0.00000200. The van der Waals surface area contributed by atoms with Crippen LogP contribution in [0.15, 0.2) is 24.3 Å². The van der Waals surface area contributed by atoms with Crippen LogP contribution in [0.3, 0.4) is 0 Å². The SMILES string of the molecule is Cc1ccccc1CC(C)NC(=O)C1(N)CCCC1.Cl. The monoisotopic (exact) mass is 296 g/mol. The van der Waals surface area contributed by atoms with E-state index in [1.165, 1.54) is 11.1 Å². The average Bonchev–Trinajstić information content (AvgIpc) is 2.80. The van der Waals surface area contributed by atoms with E-state index in [9.17, 15) is 4.79 Å². The van der Waals surface area contributed by atoms with Crippen molar-refractivity contribution in [2.45, 2.75) is 57.5 Å². The third-order valence-corrected chi connectivity index (χ3v) is 4.11. The van der Waals surface area contributed by atoms with Crippen LogP contribution in [0.4, 0.5) is 0 Å². The molecule has 1 saturated carbocycles. The summed E-state index contributed by atoms with van der Waals surface area (Å²) in [6.07, 6.45) is 4.62. The van der Waals surface area contributed by atoms with Crippen molar-refractivity contribution in [2.24, 2.45) is 5.73 Å². The number of carbonyl (C=O) groups excluding carboxylic acids is 1. The molecule has 1 atom stereocenters. The molecule has 3 nitrogen and oxygen atoms in total. The standard InChI is InChI=1S/C16H24N2O.ClH/c1-12-7-3-4-8-14(12)11-13(2)18-15(19)16(17)9-5-6-10-16;/h3-4,7-8,13H,5-6,9-11,17H2,1-2H3,(H,18,19);1H. The van der Waals surface area contributed by atoms with Crippen molar-refractivity contribution in [3.05, 3.63) is 35.4 Å². The van der Waals surface area contributed by atoms with E-state index in [1.54, 1.807) is 0 Å². The van der Waals surface area contributed by atoms with E-state index >= 15 is 0 Å². The van der Waals surface area contributed by atoms with Crippen LogP contribution >= 0.6 is 12.4 Å². The molecule has 0 bridgehead atoms. The maximum Gasteiger partial charge on any atom is 0.240 e. The van der Waals surface area contributed by atoms with Crippen molar-refractivity contribution in [2.75, 3.05) is 0 Å². The molecule has 1 aromatic carbocycles. The Kier molecular flexibility index (Phi) is 6.03. The first-order valence-corrected chi connectivity index (χ1v) is 7.16. The molecule has 2 rings (SSSR count). The van der Waals surface area contributed by atoms with Crippen molar-refractivity contribution >= 4 is 18.3 Å². The number of carbonyl (C=O) groups is 1. The first-order valence-electron chi connectivity index (χ1n) is 7.16. The molecular formula is C16H25ClN2O. The highest BCUT2D eigenvalue weighted by molar-refractivity contribution is 5.86. The number of nitrogens with one attached hydrogen (secondary N) is 1. The quantitative estimate of drug-likeness (QED) is 0.897. The Hall–Kier alpha value is -1.06. The molecule has 1 aliphatic rings. The van der Waals surface area contributed by atoms with Crippen LogP contribution < -0.4 is 11.1 Å². The van der Waals surface area contributed by atoms with Crippen molar-refractivity contribution in [1.29, 1.82) is 0 Å². The number of aryl methyl sites for hydroxylation is 1. The third kappa shape index (κ3) is 3.97. The number of rotatable bonds is 4. The molecule has 0 heterocycles. The summed E-state index contributed by atoms with van der Waals surface area (Å²) in [7, 11) is 0. The first-order chi connectivity index (χ1) is 9.01. The lowest BCUT2D eigenvalue weighted by Crippen LogP contribution is -2.54. The molecule has 0 spiro atoms. The van der Waals surface area contributed by atoms with Crippen molar-refractivity contribution < 1.29 is 4.79 Å². The Morgan fingerprint density at radius 3 is 2.55 bits per heavy atom. The van der Waals surface area contributed by atoms with Crippen LogP contribution in [0.1, 0.15) is 43.7 Å². The van der Waals surface area contributed by atoms with E-state index in [2.05, 4.69) is 24.4 Å². The lowest BCUT2D eigenvalue weighted by atomic mass is 9.96. The fourth-order valence-corrected chi connectivity index (χ4v) is 2.82. The zero-order valence-electron chi connectivity index (χ0n) is 12.3. The van der Waals surface area contributed by atoms with E-state index in [0.717, 1.165) is 32.1 Å². The molecule has 1 fully saturated rings. The van der Waals surface area contributed by atoms with Gasteiger partial charge >= 0.3 is 0 Å². The van der Waals surface area contributed by atoms with E-state index in [4.69, 9.17) is 5.73 Å². The number of nitrogens with two attached hydrogens (primary N) is 1. The van der Waals surface area contributed by atoms with Gasteiger partial charge in [-0.25, -0.2) is 0 Å². The maximum atomic E-state index is 12.2. The second-order valence-corrected chi connectivity index (χ2v) is 5.87. The molecule has 1 aromatic rings. The summed E-state index contributed by atoms with van der Waals surface area (Å²) in [4.78, 5) is 12.2. The van der Waals surface area contributed by atoms with Crippen molar-refractivity contribution in [1.82, 2.24) is 5.32 Å². The van der Waals surface area contributed by atoms with Crippen molar-refractivity contribution in [3.8, 4) is 0 Å². The smallest absolute Gasteiger partial charge is 0.240 e. The van der Waals surface area contributed by atoms with E-state index in [0.29, 0.717) is 0 Å². The highest BCUT2D eigenvalue weighted by Gasteiger charge is 2.37. The summed E-state index contributed by atoms with van der Waals surface area (Å²) in [5.41, 5.74) is 8.09. The minimum atomic E-state index is -0.625. The molecule has 20 heavy (non-hydrogen) atoms. The van der Waals surface area contributed by atoms with Gasteiger partial charge in [0.2, 0.25) is 5.91 Å². The van der Waals surface area contributed by atoms with Gasteiger partial charge in [-0.15, -0.1) is 12.4 Å². The minimum Gasteiger partial charge on any atom is -0.352 e. The van der Waals surface area contributed by atoms with Gasteiger partial charge in [0.15, 0.2) is 0 Å². The molecule has 1 aliphatic carbocycles. The summed E-state index contributed by atoms with van der Waals surface area (Å²) in [5, 5.41) is 3.07. The topological polar surface area (TPSA) is 55.1 Å². The summed E-state index contributed by atoms with van der Waals surface area (Å²) >= 11 is 0. The maximum absolute atomic E-state index is 12.2. The number of benzene rings is 1. The molecule has 0 aliphatic heterocycles. The highest BCUT2D eigenvalue weighted by atomic mass is 35.5. The second-order valence-electron chi connectivity index (χ2n) is 5.87. The molecular weight excluding hydrogens is 272 g/mol. The van der Waals surface area contributed by atoms with Gasteiger partial charge in [0.1, 0.15) is 0 Å². The predicted octanol–water partition coefficient (Wildman–Crippen LogP) is 2.74. The molecule has 1 amide bonds. The van der Waals surface area contributed by atoms with Gasteiger partial charge in [-0.2, -0.15) is 0 Å². The molecule has 0 radical (unpaired) electrons. The van der Waals surface area contributed by atoms with Gasteiger partial charge < -0.3 is 11.1 Å². The summed E-state index contributed by atoms with van der Waals surface area (Å²) in [6, 6.07) is 8.42. The number of halogens is 1. The Bertz CT molecular complexity index is 456. The zero-order valence-corrected chi connectivity index (χ0v) is 13.1. The molecule has 0 saturated heterocycles. The van der Waals surface area contributed by atoms with Gasteiger partial charge in [0.25, 0.3) is 0 Å². The number of hydrogen-bond acceptors (Lipinski definition) is 2. The van der Waals surface area contributed by atoms with Gasteiger partial charge in [0.05, 0.1) is 5.54 Å². The average molecular weight is 297 g/mol. The fraction of sp³-hybridized carbons (Fsp3) is 0.562. The molecule has 112 valence electrons. The van der Waals surface area contributed by atoms with Crippen LogP contribution in [-0.4, -0.2) is 17.5 Å². The summed E-state index contributed by atoms with van der Waals surface area (Å²) in [5.74, 6) is 0.0195. The largest absolute Gasteiger partial charge is 0.352 e. The zero-order chi connectivity index (χ0) is 13.9. The Morgan fingerprint density at radius 1 is 1.35 bits per heavy atom. The van der Waals surface area contributed by atoms with Gasteiger partial charge in [-0.05, 0) is 44.2 Å².